The van der Waals surface area contributed by atoms with Crippen LogP contribution in [0.15, 0.2) is 76.7 Å². The first-order chi connectivity index (χ1) is 17.8. The van der Waals surface area contributed by atoms with Gasteiger partial charge in [0.1, 0.15) is 23.3 Å². The molecule has 0 radical (unpaired) electrons. The number of nitrogens with one attached hydrogen (secondary N) is 1. The van der Waals surface area contributed by atoms with Crippen LogP contribution in [-0.2, 0) is 4.79 Å². The number of fused-ring (bicyclic) bond motifs is 4. The van der Waals surface area contributed by atoms with Gasteiger partial charge >= 0.3 is 0 Å². The van der Waals surface area contributed by atoms with Crippen LogP contribution in [0.25, 0.3) is 27.7 Å². The highest BCUT2D eigenvalue weighted by atomic mass is 16.6. The number of furan rings is 1. The topological polar surface area (TPSA) is 94.6 Å². The van der Waals surface area contributed by atoms with E-state index in [0.717, 1.165) is 34.0 Å². The summed E-state index contributed by atoms with van der Waals surface area (Å²) in [5.74, 6) is 1.39. The molecule has 1 aromatic heterocycles. The molecule has 1 atom stereocenters. The first-order valence-electron chi connectivity index (χ1n) is 12.2. The maximum absolute atomic E-state index is 13.6. The van der Waals surface area contributed by atoms with Crippen LogP contribution >= 0.6 is 0 Å². The van der Waals surface area contributed by atoms with Crippen LogP contribution in [0, 0.1) is 15.5 Å². The molecular formula is C30H26N2O5. The van der Waals surface area contributed by atoms with Gasteiger partial charge in [0.2, 0.25) is 0 Å². The number of hydrogen-bond donors (Lipinski definition) is 1. The average Bonchev–Trinajstić information content (AvgIpc) is 3.36. The van der Waals surface area contributed by atoms with Gasteiger partial charge < -0.3 is 14.5 Å². The average molecular weight is 495 g/mol. The van der Waals surface area contributed by atoms with E-state index in [0.29, 0.717) is 34.8 Å². The molecule has 6 rings (SSSR count). The molecule has 1 unspecified atom stereocenters. The van der Waals surface area contributed by atoms with Crippen molar-refractivity contribution in [2.75, 3.05) is 12.4 Å². The summed E-state index contributed by atoms with van der Waals surface area (Å²) in [6, 6.07) is 20.0. The number of carbonyl (C=O) groups is 1. The van der Waals surface area contributed by atoms with Crippen molar-refractivity contribution >= 4 is 33.5 Å². The highest BCUT2D eigenvalue weighted by Gasteiger charge is 2.42. The van der Waals surface area contributed by atoms with Crippen molar-refractivity contribution in [3.63, 3.8) is 0 Å². The number of hydrogen-bond acceptors (Lipinski definition) is 6. The van der Waals surface area contributed by atoms with E-state index in [4.69, 9.17) is 9.15 Å². The van der Waals surface area contributed by atoms with E-state index in [-0.39, 0.29) is 16.9 Å². The number of rotatable bonds is 4. The Balaban J connectivity index is 1.51. The number of carbonyl (C=O) groups excluding carboxylic acids is 1. The summed E-state index contributed by atoms with van der Waals surface area (Å²) >= 11 is 0. The number of ketones is 1. The molecule has 7 heteroatoms. The first-order valence-corrected chi connectivity index (χ1v) is 12.2. The van der Waals surface area contributed by atoms with Crippen LogP contribution in [0.1, 0.15) is 44.1 Å². The van der Waals surface area contributed by atoms with Gasteiger partial charge in [-0.15, -0.1) is 0 Å². The normalized spacial score (nSPS) is 18.2. The van der Waals surface area contributed by atoms with Gasteiger partial charge in [0.25, 0.3) is 5.69 Å². The van der Waals surface area contributed by atoms with Crippen LogP contribution in [0.2, 0.25) is 0 Å². The van der Waals surface area contributed by atoms with Gasteiger partial charge in [-0.2, -0.15) is 0 Å². The molecule has 2 aliphatic rings. The third kappa shape index (κ3) is 3.78. The summed E-state index contributed by atoms with van der Waals surface area (Å²) < 4.78 is 11.4. The van der Waals surface area contributed by atoms with Crippen molar-refractivity contribution in [1.82, 2.24) is 0 Å². The summed E-state index contributed by atoms with van der Waals surface area (Å²) in [7, 11) is 1.47. The standard InChI is InChI=1S/C30H26N2O5/c1-30(2)15-21-27-19-7-5-4-6-17(19)8-11-22(27)31-29(28(21)24(33)16-30)26-13-12-25(37-26)20-10-9-18(36-3)14-23(20)32(34)35/h4-14,29,31H,15-16H2,1-3H3. The van der Waals surface area contributed by atoms with E-state index < -0.39 is 11.0 Å². The Morgan fingerprint density at radius 2 is 1.86 bits per heavy atom. The fourth-order valence-electron chi connectivity index (χ4n) is 5.70. The van der Waals surface area contributed by atoms with Gasteiger partial charge in [0.05, 0.1) is 23.7 Å². The lowest BCUT2D eigenvalue weighted by Crippen LogP contribution is -2.33. The molecule has 7 nitrogen and oxygen atoms in total. The second-order valence-electron chi connectivity index (χ2n) is 10.5. The minimum absolute atomic E-state index is 0.0933. The van der Waals surface area contributed by atoms with E-state index in [1.54, 1.807) is 24.3 Å². The summed E-state index contributed by atoms with van der Waals surface area (Å²) in [4.78, 5) is 24.9. The number of ether oxygens (including phenoxy) is 1. The van der Waals surface area contributed by atoms with Gasteiger partial charge in [-0.1, -0.05) is 44.2 Å². The van der Waals surface area contributed by atoms with E-state index in [1.165, 1.54) is 13.2 Å². The monoisotopic (exact) mass is 494 g/mol. The smallest absolute Gasteiger partial charge is 0.284 e. The SMILES string of the molecule is COc1ccc(-c2ccc(C3Nc4ccc5ccccc5c4C4=C3C(=O)CC(C)(C)C4)o2)c([N+](=O)[O-])c1. The molecule has 0 spiro atoms. The summed E-state index contributed by atoms with van der Waals surface area (Å²) in [5, 5.41) is 17.5. The molecule has 1 aliphatic heterocycles. The molecule has 1 aliphatic carbocycles. The predicted octanol–water partition coefficient (Wildman–Crippen LogP) is 7.33. The zero-order chi connectivity index (χ0) is 25.9. The van der Waals surface area contributed by atoms with Crippen molar-refractivity contribution < 1.29 is 18.9 Å². The number of methoxy groups -OCH3 is 1. The molecule has 0 bridgehead atoms. The van der Waals surface area contributed by atoms with Crippen molar-refractivity contribution in [1.29, 1.82) is 0 Å². The Bertz CT molecular complexity index is 1630. The van der Waals surface area contributed by atoms with Crippen molar-refractivity contribution in [2.45, 2.75) is 32.7 Å². The molecule has 0 amide bonds. The molecule has 4 aromatic rings. The van der Waals surface area contributed by atoms with Crippen LogP contribution in [0.4, 0.5) is 11.4 Å². The summed E-state index contributed by atoms with van der Waals surface area (Å²) in [5.41, 5.74) is 3.86. The molecule has 37 heavy (non-hydrogen) atoms. The van der Waals surface area contributed by atoms with Gasteiger partial charge in [-0.05, 0) is 58.5 Å². The van der Waals surface area contributed by atoms with E-state index in [2.05, 4.69) is 43.4 Å². The lowest BCUT2D eigenvalue weighted by molar-refractivity contribution is -0.384. The maximum Gasteiger partial charge on any atom is 0.284 e. The lowest BCUT2D eigenvalue weighted by Gasteiger charge is -2.39. The van der Waals surface area contributed by atoms with Gasteiger partial charge in [0.15, 0.2) is 5.78 Å². The van der Waals surface area contributed by atoms with Gasteiger partial charge in [-0.25, -0.2) is 0 Å². The van der Waals surface area contributed by atoms with Crippen LogP contribution in [-0.4, -0.2) is 17.8 Å². The highest BCUT2D eigenvalue weighted by Crippen LogP contribution is 2.52. The number of nitro benzene ring substituents is 1. The van der Waals surface area contributed by atoms with Gasteiger partial charge in [-0.3, -0.25) is 14.9 Å². The molecule has 0 fully saturated rings. The molecule has 0 saturated carbocycles. The number of anilines is 1. The minimum Gasteiger partial charge on any atom is -0.497 e. The number of allylic oxidation sites excluding steroid dienone is 1. The number of nitrogens with zero attached hydrogens (tertiary/aromatic N) is 1. The molecule has 3 aromatic carbocycles. The van der Waals surface area contributed by atoms with Crippen molar-refractivity contribution in [3.8, 4) is 17.1 Å². The Morgan fingerprint density at radius 1 is 1.05 bits per heavy atom. The van der Waals surface area contributed by atoms with Crippen molar-refractivity contribution in [2.24, 2.45) is 5.41 Å². The van der Waals surface area contributed by atoms with E-state index in [1.807, 2.05) is 12.1 Å². The van der Waals surface area contributed by atoms with Crippen LogP contribution < -0.4 is 10.1 Å². The second kappa shape index (κ2) is 8.34. The Morgan fingerprint density at radius 3 is 2.65 bits per heavy atom. The number of Topliss-reactive ketones (excluding diaryl/α,β-unsaturated/α-hetero) is 1. The predicted molar refractivity (Wildman–Crippen MR) is 143 cm³/mol. The van der Waals surface area contributed by atoms with Crippen LogP contribution in [0.5, 0.6) is 5.75 Å². The zero-order valence-corrected chi connectivity index (χ0v) is 20.8. The summed E-state index contributed by atoms with van der Waals surface area (Å²) in [6.07, 6.45) is 1.21. The first kappa shape index (κ1) is 23.0. The molecule has 186 valence electrons. The van der Waals surface area contributed by atoms with Crippen LogP contribution in [0.3, 0.4) is 0 Å². The second-order valence-corrected chi connectivity index (χ2v) is 10.5. The Hall–Kier alpha value is -4.39. The largest absolute Gasteiger partial charge is 0.497 e. The zero-order valence-electron chi connectivity index (χ0n) is 20.8. The van der Waals surface area contributed by atoms with E-state index >= 15 is 0 Å². The molecule has 0 saturated heterocycles. The van der Waals surface area contributed by atoms with Crippen molar-refractivity contribution in [3.05, 3.63) is 93.7 Å². The highest BCUT2D eigenvalue weighted by molar-refractivity contribution is 6.12. The number of nitro groups is 1. The fraction of sp³-hybridized carbons (Fsp3) is 0.233. The fourth-order valence-corrected chi connectivity index (χ4v) is 5.70. The third-order valence-electron chi connectivity index (χ3n) is 7.32. The quantitative estimate of drug-likeness (QED) is 0.236. The minimum atomic E-state index is -0.488. The van der Waals surface area contributed by atoms with Gasteiger partial charge in [0, 0.05) is 23.2 Å². The maximum atomic E-state index is 13.6. The molecule has 1 N–H and O–H groups in total. The molecular weight excluding hydrogens is 468 g/mol. The van der Waals surface area contributed by atoms with E-state index in [9.17, 15) is 14.9 Å². The molecule has 2 heterocycles. The Labute approximate surface area is 213 Å². The third-order valence-corrected chi connectivity index (χ3v) is 7.32. The number of benzene rings is 3. The lowest BCUT2D eigenvalue weighted by atomic mass is 9.68. The summed E-state index contributed by atoms with van der Waals surface area (Å²) in [6.45, 7) is 4.26. The Kier molecular flexibility index (Phi) is 5.19.